The lowest BCUT2D eigenvalue weighted by atomic mass is 10.2. The van der Waals surface area contributed by atoms with E-state index >= 15 is 0 Å². The van der Waals surface area contributed by atoms with Crippen LogP contribution in [0.15, 0.2) is 48.5 Å². The highest BCUT2D eigenvalue weighted by atomic mass is 16.5. The summed E-state index contributed by atoms with van der Waals surface area (Å²) in [6.07, 6.45) is 2.35. The Balaban J connectivity index is 1.59. The largest absolute Gasteiger partial charge is 0.496 e. The van der Waals surface area contributed by atoms with E-state index in [4.69, 9.17) is 9.72 Å². The molecular weight excluding hydrogens is 302 g/mol. The van der Waals surface area contributed by atoms with Gasteiger partial charge in [-0.3, -0.25) is 4.79 Å². The van der Waals surface area contributed by atoms with Gasteiger partial charge < -0.3 is 14.6 Å². The van der Waals surface area contributed by atoms with E-state index in [0.29, 0.717) is 23.9 Å². The van der Waals surface area contributed by atoms with Crippen LogP contribution in [0.2, 0.25) is 0 Å². The SMILES string of the molecule is COc1ccccc1C(=O)NCc1nc2ccccc2n1C1CC1. The number of ether oxygens (including phenoxy) is 1. The van der Waals surface area contributed by atoms with Crippen LogP contribution in [-0.4, -0.2) is 22.6 Å². The first kappa shape index (κ1) is 14.8. The van der Waals surface area contributed by atoms with Crippen molar-refractivity contribution in [3.8, 4) is 5.75 Å². The van der Waals surface area contributed by atoms with Gasteiger partial charge in [0.2, 0.25) is 0 Å². The fourth-order valence-corrected chi connectivity index (χ4v) is 3.05. The normalized spacial score (nSPS) is 13.9. The van der Waals surface area contributed by atoms with E-state index in [9.17, 15) is 4.79 Å². The molecule has 24 heavy (non-hydrogen) atoms. The van der Waals surface area contributed by atoms with Gasteiger partial charge in [-0.1, -0.05) is 24.3 Å². The molecule has 0 aliphatic heterocycles. The molecule has 0 spiro atoms. The maximum Gasteiger partial charge on any atom is 0.255 e. The second-order valence-corrected chi connectivity index (χ2v) is 6.00. The molecule has 1 aliphatic rings. The van der Waals surface area contributed by atoms with Crippen molar-refractivity contribution in [2.45, 2.75) is 25.4 Å². The minimum atomic E-state index is -0.151. The molecule has 1 N–H and O–H groups in total. The fourth-order valence-electron chi connectivity index (χ4n) is 3.05. The summed E-state index contributed by atoms with van der Waals surface area (Å²) >= 11 is 0. The number of benzene rings is 2. The Hall–Kier alpha value is -2.82. The number of carbonyl (C=O) groups excluding carboxylic acids is 1. The summed E-state index contributed by atoms with van der Waals surface area (Å²) in [5.41, 5.74) is 2.65. The quantitative estimate of drug-likeness (QED) is 0.784. The average molecular weight is 321 g/mol. The van der Waals surface area contributed by atoms with Crippen molar-refractivity contribution in [2.75, 3.05) is 7.11 Å². The van der Waals surface area contributed by atoms with Crippen LogP contribution in [0.4, 0.5) is 0 Å². The van der Waals surface area contributed by atoms with Gasteiger partial charge in [0.15, 0.2) is 0 Å². The number of nitrogens with zero attached hydrogens (tertiary/aromatic N) is 2. The molecule has 5 nitrogen and oxygen atoms in total. The summed E-state index contributed by atoms with van der Waals surface area (Å²) in [5, 5.41) is 2.97. The standard InChI is InChI=1S/C19H19N3O2/c1-24-17-9-5-2-6-14(17)19(23)20-12-18-21-15-7-3-4-8-16(15)22(18)13-10-11-13/h2-9,13H,10-12H2,1H3,(H,20,23). The molecule has 0 atom stereocenters. The van der Waals surface area contributed by atoms with Crippen LogP contribution in [0.1, 0.15) is 35.1 Å². The summed E-state index contributed by atoms with van der Waals surface area (Å²) in [4.78, 5) is 17.2. The van der Waals surface area contributed by atoms with E-state index in [0.717, 1.165) is 16.9 Å². The van der Waals surface area contributed by atoms with Gasteiger partial charge in [-0.15, -0.1) is 0 Å². The molecule has 1 amide bonds. The lowest BCUT2D eigenvalue weighted by Crippen LogP contribution is -2.25. The van der Waals surface area contributed by atoms with Crippen LogP contribution in [0.25, 0.3) is 11.0 Å². The molecule has 1 aromatic heterocycles. The Morgan fingerprint density at radius 1 is 1.21 bits per heavy atom. The summed E-state index contributed by atoms with van der Waals surface area (Å²) in [5.74, 6) is 1.33. The van der Waals surface area contributed by atoms with Crippen LogP contribution in [0.3, 0.4) is 0 Å². The smallest absolute Gasteiger partial charge is 0.255 e. The van der Waals surface area contributed by atoms with Gasteiger partial charge in [0.05, 0.1) is 30.3 Å². The zero-order valence-electron chi connectivity index (χ0n) is 13.5. The zero-order chi connectivity index (χ0) is 16.5. The van der Waals surface area contributed by atoms with Crippen molar-refractivity contribution in [3.63, 3.8) is 0 Å². The van der Waals surface area contributed by atoms with Crippen LogP contribution in [-0.2, 0) is 6.54 Å². The third-order valence-corrected chi connectivity index (χ3v) is 4.34. The number of hydrogen-bond acceptors (Lipinski definition) is 3. The van der Waals surface area contributed by atoms with E-state index in [-0.39, 0.29) is 5.91 Å². The Labute approximate surface area is 140 Å². The number of hydrogen-bond donors (Lipinski definition) is 1. The number of aromatic nitrogens is 2. The van der Waals surface area contributed by atoms with E-state index < -0.39 is 0 Å². The molecular formula is C19H19N3O2. The molecule has 122 valence electrons. The van der Waals surface area contributed by atoms with E-state index in [1.807, 2.05) is 30.3 Å². The van der Waals surface area contributed by atoms with Crippen molar-refractivity contribution in [1.29, 1.82) is 0 Å². The molecule has 1 fully saturated rings. The van der Waals surface area contributed by atoms with E-state index in [1.54, 1.807) is 19.2 Å². The van der Waals surface area contributed by atoms with Crippen molar-refractivity contribution >= 4 is 16.9 Å². The van der Waals surface area contributed by atoms with Gasteiger partial charge in [-0.05, 0) is 37.1 Å². The highest BCUT2D eigenvalue weighted by molar-refractivity contribution is 5.96. The molecule has 0 bridgehead atoms. The van der Waals surface area contributed by atoms with Crippen LogP contribution < -0.4 is 10.1 Å². The second-order valence-electron chi connectivity index (χ2n) is 6.00. The van der Waals surface area contributed by atoms with Crippen molar-refractivity contribution in [2.24, 2.45) is 0 Å². The average Bonchev–Trinajstić information content (AvgIpc) is 3.39. The molecule has 2 aromatic carbocycles. The summed E-state index contributed by atoms with van der Waals surface area (Å²) in [7, 11) is 1.57. The number of rotatable bonds is 5. The molecule has 0 unspecified atom stereocenters. The Kier molecular flexibility index (Phi) is 3.69. The molecule has 0 saturated heterocycles. The minimum Gasteiger partial charge on any atom is -0.496 e. The summed E-state index contributed by atoms with van der Waals surface area (Å²) in [6.45, 7) is 0.405. The summed E-state index contributed by atoms with van der Waals surface area (Å²) in [6, 6.07) is 15.9. The number of nitrogens with one attached hydrogen (secondary N) is 1. The van der Waals surface area contributed by atoms with Gasteiger partial charge in [0.25, 0.3) is 5.91 Å². The molecule has 1 saturated carbocycles. The molecule has 5 heteroatoms. The Bertz CT molecular complexity index is 897. The lowest BCUT2D eigenvalue weighted by Gasteiger charge is -2.10. The highest BCUT2D eigenvalue weighted by Gasteiger charge is 2.28. The Morgan fingerprint density at radius 3 is 2.75 bits per heavy atom. The molecule has 0 radical (unpaired) electrons. The second kappa shape index (κ2) is 6.00. The lowest BCUT2D eigenvalue weighted by molar-refractivity contribution is 0.0946. The van der Waals surface area contributed by atoms with Gasteiger partial charge in [-0.2, -0.15) is 0 Å². The number of para-hydroxylation sites is 3. The van der Waals surface area contributed by atoms with Gasteiger partial charge in [-0.25, -0.2) is 4.98 Å². The fraction of sp³-hybridized carbons (Fsp3) is 0.263. The van der Waals surface area contributed by atoms with Crippen molar-refractivity contribution in [3.05, 3.63) is 59.9 Å². The number of methoxy groups -OCH3 is 1. The minimum absolute atomic E-state index is 0.151. The van der Waals surface area contributed by atoms with Gasteiger partial charge >= 0.3 is 0 Å². The van der Waals surface area contributed by atoms with Crippen molar-refractivity contribution in [1.82, 2.24) is 14.9 Å². The number of fused-ring (bicyclic) bond motifs is 1. The number of carbonyl (C=O) groups is 1. The van der Waals surface area contributed by atoms with E-state index in [2.05, 4.69) is 16.0 Å². The van der Waals surface area contributed by atoms with Crippen LogP contribution in [0, 0.1) is 0 Å². The van der Waals surface area contributed by atoms with Gasteiger partial charge in [0.1, 0.15) is 11.6 Å². The van der Waals surface area contributed by atoms with Crippen molar-refractivity contribution < 1.29 is 9.53 Å². The molecule has 1 heterocycles. The first-order valence-electron chi connectivity index (χ1n) is 8.15. The highest BCUT2D eigenvalue weighted by Crippen LogP contribution is 2.38. The monoisotopic (exact) mass is 321 g/mol. The predicted molar refractivity (Wildman–Crippen MR) is 92.2 cm³/mol. The third-order valence-electron chi connectivity index (χ3n) is 4.34. The molecule has 3 aromatic rings. The van der Waals surface area contributed by atoms with E-state index in [1.165, 1.54) is 12.8 Å². The molecule has 1 aliphatic carbocycles. The third kappa shape index (κ3) is 2.62. The summed E-state index contributed by atoms with van der Waals surface area (Å²) < 4.78 is 7.52. The van der Waals surface area contributed by atoms with Crippen LogP contribution >= 0.6 is 0 Å². The molecule has 4 rings (SSSR count). The first-order chi connectivity index (χ1) is 11.8. The Morgan fingerprint density at radius 2 is 1.96 bits per heavy atom. The topological polar surface area (TPSA) is 56.1 Å². The van der Waals surface area contributed by atoms with Crippen LogP contribution in [0.5, 0.6) is 5.75 Å². The number of amides is 1. The first-order valence-corrected chi connectivity index (χ1v) is 8.15. The zero-order valence-corrected chi connectivity index (χ0v) is 13.5. The predicted octanol–water partition coefficient (Wildman–Crippen LogP) is 3.31. The maximum absolute atomic E-state index is 12.5. The number of imidazole rings is 1. The maximum atomic E-state index is 12.5. The van der Waals surface area contributed by atoms with Gasteiger partial charge in [0, 0.05) is 6.04 Å².